The van der Waals surface area contributed by atoms with Crippen molar-refractivity contribution in [2.45, 2.75) is 6.42 Å². The molecule has 10 heavy (non-hydrogen) atoms. The van der Waals surface area contributed by atoms with Gasteiger partial charge in [-0.05, 0) is 12.0 Å². The van der Waals surface area contributed by atoms with Gasteiger partial charge in [0.25, 0.3) is 0 Å². The summed E-state index contributed by atoms with van der Waals surface area (Å²) in [5.41, 5.74) is 1.12. The van der Waals surface area contributed by atoms with Crippen LogP contribution in [0.3, 0.4) is 0 Å². The third-order valence-corrected chi connectivity index (χ3v) is 1.90. The number of nitrogens with one attached hydrogen (secondary N) is 1. The van der Waals surface area contributed by atoms with E-state index in [4.69, 9.17) is 0 Å². The molecule has 2 heteroatoms. The third kappa shape index (κ3) is 0.685. The molecule has 1 fully saturated rings. The van der Waals surface area contributed by atoms with Gasteiger partial charge >= 0.3 is 0 Å². The van der Waals surface area contributed by atoms with Gasteiger partial charge in [-0.3, -0.25) is 4.79 Å². The lowest BCUT2D eigenvalue weighted by Gasteiger charge is -2.07. The summed E-state index contributed by atoms with van der Waals surface area (Å²) in [5, 5.41) is 2.69. The molecule has 1 unspecified atom stereocenters. The SMILES string of the molecule is O=C1N[CH]C2=CC=CCC12. The summed E-state index contributed by atoms with van der Waals surface area (Å²) >= 11 is 0. The first-order valence-corrected chi connectivity index (χ1v) is 3.38. The lowest BCUT2D eigenvalue weighted by Crippen LogP contribution is -2.17. The molecule has 1 saturated heterocycles. The van der Waals surface area contributed by atoms with E-state index in [1.165, 1.54) is 0 Å². The van der Waals surface area contributed by atoms with E-state index in [0.29, 0.717) is 0 Å². The monoisotopic (exact) mass is 134 g/mol. The Hall–Kier alpha value is -1.05. The normalized spacial score (nSPS) is 29.4. The van der Waals surface area contributed by atoms with Gasteiger partial charge in [-0.15, -0.1) is 0 Å². The van der Waals surface area contributed by atoms with Gasteiger partial charge in [0.15, 0.2) is 0 Å². The summed E-state index contributed by atoms with van der Waals surface area (Å²) in [6.45, 7) is 1.79. The standard InChI is InChI=1S/C8H8NO/c10-8-7-4-2-1-3-6(7)5-9-8/h1-3,5,7H,4H2,(H,9,10). The number of carbonyl (C=O) groups is 1. The van der Waals surface area contributed by atoms with E-state index in [1.54, 1.807) is 6.54 Å². The minimum absolute atomic E-state index is 0.102. The maximum Gasteiger partial charge on any atom is 0.228 e. The Balaban J connectivity index is 2.31. The van der Waals surface area contributed by atoms with E-state index in [0.717, 1.165) is 12.0 Å². The van der Waals surface area contributed by atoms with Gasteiger partial charge in [-0.25, -0.2) is 0 Å². The van der Waals surface area contributed by atoms with Gasteiger partial charge in [0.2, 0.25) is 5.91 Å². The van der Waals surface area contributed by atoms with Gasteiger partial charge < -0.3 is 5.32 Å². The van der Waals surface area contributed by atoms with Crippen LogP contribution in [0.15, 0.2) is 23.8 Å². The fourth-order valence-electron chi connectivity index (χ4n) is 1.31. The molecule has 2 rings (SSSR count). The molecule has 1 amide bonds. The number of fused-ring (bicyclic) bond motifs is 1. The summed E-state index contributed by atoms with van der Waals surface area (Å²) in [6, 6.07) is 0. The molecule has 51 valence electrons. The number of carbonyl (C=O) groups excluding carboxylic acids is 1. The maximum absolute atomic E-state index is 11.0. The molecular weight excluding hydrogens is 126 g/mol. The van der Waals surface area contributed by atoms with Crippen molar-refractivity contribution in [1.29, 1.82) is 0 Å². The molecule has 0 aromatic rings. The highest BCUT2D eigenvalue weighted by molar-refractivity contribution is 5.87. The molecule has 1 heterocycles. The highest BCUT2D eigenvalue weighted by atomic mass is 16.2. The Morgan fingerprint density at radius 3 is 3.30 bits per heavy atom. The molecule has 0 saturated carbocycles. The van der Waals surface area contributed by atoms with Crippen LogP contribution in [0.4, 0.5) is 0 Å². The molecule has 1 radical (unpaired) electrons. The topological polar surface area (TPSA) is 29.1 Å². The number of hydrogen-bond acceptors (Lipinski definition) is 1. The highest BCUT2D eigenvalue weighted by Gasteiger charge is 2.28. The van der Waals surface area contributed by atoms with Crippen LogP contribution < -0.4 is 5.32 Å². The lowest BCUT2D eigenvalue weighted by atomic mass is 9.94. The third-order valence-electron chi connectivity index (χ3n) is 1.90. The van der Waals surface area contributed by atoms with Gasteiger partial charge in [0, 0.05) is 0 Å². The molecule has 1 N–H and O–H groups in total. The second-order valence-corrected chi connectivity index (χ2v) is 2.54. The molecule has 0 aromatic heterocycles. The Labute approximate surface area is 59.6 Å². The van der Waals surface area contributed by atoms with E-state index in [9.17, 15) is 4.79 Å². The number of allylic oxidation sites excluding steroid dienone is 3. The Morgan fingerprint density at radius 2 is 2.50 bits per heavy atom. The minimum Gasteiger partial charge on any atom is -0.347 e. The fourth-order valence-corrected chi connectivity index (χ4v) is 1.31. The lowest BCUT2D eigenvalue weighted by molar-refractivity contribution is -0.121. The van der Waals surface area contributed by atoms with Crippen molar-refractivity contribution in [2.24, 2.45) is 5.92 Å². The van der Waals surface area contributed by atoms with Crippen molar-refractivity contribution in [3.05, 3.63) is 30.3 Å². The summed E-state index contributed by atoms with van der Waals surface area (Å²) in [4.78, 5) is 11.0. The zero-order valence-electron chi connectivity index (χ0n) is 5.50. The predicted octanol–water partition coefficient (Wildman–Crippen LogP) is 0.780. The van der Waals surface area contributed by atoms with Crippen molar-refractivity contribution in [3.8, 4) is 0 Å². The van der Waals surface area contributed by atoms with Crippen molar-refractivity contribution in [3.63, 3.8) is 0 Å². The van der Waals surface area contributed by atoms with Crippen molar-refractivity contribution < 1.29 is 4.79 Å². The van der Waals surface area contributed by atoms with Crippen molar-refractivity contribution >= 4 is 5.91 Å². The summed E-state index contributed by atoms with van der Waals surface area (Å²) < 4.78 is 0. The average molecular weight is 134 g/mol. The predicted molar refractivity (Wildman–Crippen MR) is 37.8 cm³/mol. The zero-order valence-corrected chi connectivity index (χ0v) is 5.50. The van der Waals surface area contributed by atoms with E-state index < -0.39 is 0 Å². The zero-order chi connectivity index (χ0) is 6.97. The number of amides is 1. The summed E-state index contributed by atoms with van der Waals surface area (Å²) in [6.07, 6.45) is 6.84. The van der Waals surface area contributed by atoms with Crippen LogP contribution >= 0.6 is 0 Å². The molecule has 2 nitrogen and oxygen atoms in total. The van der Waals surface area contributed by atoms with Crippen molar-refractivity contribution in [2.75, 3.05) is 0 Å². The van der Waals surface area contributed by atoms with E-state index >= 15 is 0 Å². The summed E-state index contributed by atoms with van der Waals surface area (Å²) in [5.74, 6) is 0.237. The first kappa shape index (κ1) is 5.71. The molecule has 0 spiro atoms. The Bertz CT molecular complexity index is 227. The van der Waals surface area contributed by atoms with Gasteiger partial charge in [0.05, 0.1) is 12.5 Å². The van der Waals surface area contributed by atoms with E-state index in [1.807, 2.05) is 18.2 Å². The highest BCUT2D eigenvalue weighted by Crippen LogP contribution is 2.26. The molecule has 1 aliphatic carbocycles. The van der Waals surface area contributed by atoms with Crippen LogP contribution in [-0.2, 0) is 4.79 Å². The number of hydrogen-bond donors (Lipinski definition) is 1. The van der Waals surface area contributed by atoms with Crippen LogP contribution in [0.1, 0.15) is 6.42 Å². The molecule has 0 bridgehead atoms. The van der Waals surface area contributed by atoms with Crippen LogP contribution in [-0.4, -0.2) is 5.91 Å². The fraction of sp³-hybridized carbons (Fsp3) is 0.250. The van der Waals surface area contributed by atoms with Crippen LogP contribution in [0.25, 0.3) is 0 Å². The van der Waals surface area contributed by atoms with Gasteiger partial charge in [-0.1, -0.05) is 18.2 Å². The first-order valence-electron chi connectivity index (χ1n) is 3.38. The van der Waals surface area contributed by atoms with Gasteiger partial charge in [0.1, 0.15) is 0 Å². The second kappa shape index (κ2) is 1.97. The van der Waals surface area contributed by atoms with E-state index in [-0.39, 0.29) is 11.8 Å². The average Bonchev–Trinajstić information content (AvgIpc) is 2.34. The molecular formula is C8H8NO. The molecule has 0 aromatic carbocycles. The largest absolute Gasteiger partial charge is 0.347 e. The minimum atomic E-state index is 0.102. The second-order valence-electron chi connectivity index (χ2n) is 2.54. The quantitative estimate of drug-likeness (QED) is 0.521. The molecule has 2 aliphatic rings. The maximum atomic E-state index is 11.0. The molecule has 1 aliphatic heterocycles. The smallest absolute Gasteiger partial charge is 0.228 e. The van der Waals surface area contributed by atoms with Crippen molar-refractivity contribution in [1.82, 2.24) is 5.32 Å². The summed E-state index contributed by atoms with van der Waals surface area (Å²) in [7, 11) is 0. The first-order chi connectivity index (χ1) is 4.88. The van der Waals surface area contributed by atoms with Gasteiger partial charge in [-0.2, -0.15) is 0 Å². The number of rotatable bonds is 0. The van der Waals surface area contributed by atoms with Crippen LogP contribution in [0, 0.1) is 12.5 Å². The van der Waals surface area contributed by atoms with Crippen LogP contribution in [0.2, 0.25) is 0 Å². The molecule has 1 atom stereocenters. The van der Waals surface area contributed by atoms with Crippen LogP contribution in [0.5, 0.6) is 0 Å². The van der Waals surface area contributed by atoms with E-state index in [2.05, 4.69) is 5.32 Å². The Morgan fingerprint density at radius 1 is 1.60 bits per heavy atom. The Kier molecular flexibility index (Phi) is 1.13.